The largest absolute Gasteiger partial charge is 0.345 e. The molecule has 3 heteroatoms. The average molecular weight is 212 g/mol. The summed E-state index contributed by atoms with van der Waals surface area (Å²) in [7, 11) is 3.85. The van der Waals surface area contributed by atoms with E-state index in [1.165, 1.54) is 19.3 Å². The van der Waals surface area contributed by atoms with Crippen LogP contribution in [0.3, 0.4) is 0 Å². The lowest BCUT2D eigenvalue weighted by Gasteiger charge is -2.31. The van der Waals surface area contributed by atoms with E-state index in [1.807, 2.05) is 19.0 Å². The van der Waals surface area contributed by atoms with Crippen LogP contribution in [-0.4, -0.2) is 38.0 Å². The third-order valence-electron chi connectivity index (χ3n) is 3.43. The molecule has 0 aromatic heterocycles. The minimum atomic E-state index is 0.153. The molecule has 1 unspecified atom stereocenters. The molecule has 0 bridgehead atoms. The smallest absolute Gasteiger partial charge is 0.226 e. The Kier molecular flexibility index (Phi) is 5.09. The van der Waals surface area contributed by atoms with Crippen molar-refractivity contribution >= 4 is 5.91 Å². The van der Waals surface area contributed by atoms with Crippen LogP contribution >= 0.6 is 0 Å². The van der Waals surface area contributed by atoms with E-state index in [0.717, 1.165) is 25.4 Å². The Morgan fingerprint density at radius 2 is 2.20 bits per heavy atom. The van der Waals surface area contributed by atoms with Gasteiger partial charge in [0.05, 0.1) is 5.92 Å². The lowest BCUT2D eigenvalue weighted by molar-refractivity contribution is -0.135. The van der Waals surface area contributed by atoms with Crippen LogP contribution in [0.4, 0.5) is 0 Å². The highest BCUT2D eigenvalue weighted by Gasteiger charge is 2.24. The van der Waals surface area contributed by atoms with Gasteiger partial charge in [0.25, 0.3) is 0 Å². The third kappa shape index (κ3) is 3.49. The number of hydrogen-bond donors (Lipinski definition) is 1. The first-order chi connectivity index (χ1) is 7.19. The summed E-state index contributed by atoms with van der Waals surface area (Å²) in [5.74, 6) is 1.23. The zero-order chi connectivity index (χ0) is 11.3. The Balaban J connectivity index is 2.34. The van der Waals surface area contributed by atoms with Crippen molar-refractivity contribution in [1.82, 2.24) is 10.2 Å². The second-order valence-corrected chi connectivity index (χ2v) is 4.68. The maximum absolute atomic E-state index is 12.0. The van der Waals surface area contributed by atoms with Crippen molar-refractivity contribution in [1.29, 1.82) is 0 Å². The molecule has 1 fully saturated rings. The van der Waals surface area contributed by atoms with Crippen LogP contribution in [0, 0.1) is 11.8 Å². The Labute approximate surface area is 93.2 Å². The molecular weight excluding hydrogens is 188 g/mol. The van der Waals surface area contributed by atoms with Crippen molar-refractivity contribution in [3.8, 4) is 0 Å². The van der Waals surface area contributed by atoms with Crippen LogP contribution in [0.1, 0.15) is 32.6 Å². The zero-order valence-corrected chi connectivity index (χ0v) is 10.3. The number of amides is 1. The van der Waals surface area contributed by atoms with E-state index in [9.17, 15) is 4.79 Å². The van der Waals surface area contributed by atoms with Crippen molar-refractivity contribution in [3.63, 3.8) is 0 Å². The van der Waals surface area contributed by atoms with E-state index in [4.69, 9.17) is 0 Å². The van der Waals surface area contributed by atoms with Crippen molar-refractivity contribution in [3.05, 3.63) is 0 Å². The highest BCUT2D eigenvalue weighted by molar-refractivity contribution is 5.78. The molecule has 1 atom stereocenters. The Hall–Kier alpha value is -0.570. The molecule has 1 N–H and O–H groups in total. The van der Waals surface area contributed by atoms with Gasteiger partial charge in [0.1, 0.15) is 0 Å². The van der Waals surface area contributed by atoms with Gasteiger partial charge < -0.3 is 10.2 Å². The van der Waals surface area contributed by atoms with E-state index >= 15 is 0 Å². The number of carbonyl (C=O) groups is 1. The molecule has 0 radical (unpaired) electrons. The van der Waals surface area contributed by atoms with Crippen LogP contribution in [0.15, 0.2) is 0 Å². The van der Waals surface area contributed by atoms with Gasteiger partial charge in [-0.15, -0.1) is 0 Å². The highest BCUT2D eigenvalue weighted by atomic mass is 16.2. The topological polar surface area (TPSA) is 32.3 Å². The normalized spacial score (nSPS) is 18.3. The molecule has 0 aromatic carbocycles. The SMILES string of the molecule is CCC(CNC)C(=O)N(C)CC1CCC1. The molecular formula is C12H24N2O. The van der Waals surface area contributed by atoms with Crippen molar-refractivity contribution in [2.75, 3.05) is 27.2 Å². The van der Waals surface area contributed by atoms with Gasteiger partial charge in [-0.1, -0.05) is 13.3 Å². The summed E-state index contributed by atoms with van der Waals surface area (Å²) >= 11 is 0. The lowest BCUT2D eigenvalue weighted by Crippen LogP contribution is -2.40. The van der Waals surface area contributed by atoms with E-state index in [2.05, 4.69) is 12.2 Å². The molecule has 1 saturated carbocycles. The fourth-order valence-corrected chi connectivity index (χ4v) is 2.12. The van der Waals surface area contributed by atoms with Gasteiger partial charge in [0, 0.05) is 20.1 Å². The summed E-state index contributed by atoms with van der Waals surface area (Å²) < 4.78 is 0. The van der Waals surface area contributed by atoms with Crippen molar-refractivity contribution in [2.24, 2.45) is 11.8 Å². The molecule has 1 aliphatic rings. The lowest BCUT2D eigenvalue weighted by atomic mass is 9.85. The van der Waals surface area contributed by atoms with E-state index in [-0.39, 0.29) is 5.92 Å². The first-order valence-corrected chi connectivity index (χ1v) is 6.08. The monoisotopic (exact) mass is 212 g/mol. The Morgan fingerprint density at radius 1 is 1.53 bits per heavy atom. The van der Waals surface area contributed by atoms with Crippen molar-refractivity contribution in [2.45, 2.75) is 32.6 Å². The fourth-order valence-electron chi connectivity index (χ4n) is 2.12. The molecule has 0 heterocycles. The molecule has 1 rings (SSSR count). The predicted molar refractivity (Wildman–Crippen MR) is 62.7 cm³/mol. The number of rotatable bonds is 6. The summed E-state index contributed by atoms with van der Waals surface area (Å²) in [5, 5.41) is 3.09. The molecule has 0 aliphatic heterocycles. The van der Waals surface area contributed by atoms with Gasteiger partial charge in [-0.05, 0) is 32.2 Å². The van der Waals surface area contributed by atoms with Gasteiger partial charge >= 0.3 is 0 Å². The van der Waals surface area contributed by atoms with Gasteiger partial charge in [0.2, 0.25) is 5.91 Å². The Morgan fingerprint density at radius 3 is 2.60 bits per heavy atom. The van der Waals surface area contributed by atoms with E-state index in [0.29, 0.717) is 5.91 Å². The minimum absolute atomic E-state index is 0.153. The molecule has 1 aliphatic carbocycles. The minimum Gasteiger partial charge on any atom is -0.345 e. The number of nitrogens with one attached hydrogen (secondary N) is 1. The van der Waals surface area contributed by atoms with Gasteiger partial charge in [0.15, 0.2) is 0 Å². The first kappa shape index (κ1) is 12.5. The van der Waals surface area contributed by atoms with Gasteiger partial charge in [-0.25, -0.2) is 0 Å². The van der Waals surface area contributed by atoms with Gasteiger partial charge in [-0.2, -0.15) is 0 Å². The maximum atomic E-state index is 12.0. The summed E-state index contributed by atoms with van der Waals surface area (Å²) in [4.78, 5) is 14.0. The summed E-state index contributed by atoms with van der Waals surface area (Å²) in [6.07, 6.45) is 4.88. The number of nitrogens with zero attached hydrogens (tertiary/aromatic N) is 1. The second-order valence-electron chi connectivity index (χ2n) is 4.68. The number of hydrogen-bond acceptors (Lipinski definition) is 2. The standard InChI is InChI=1S/C12H24N2O/c1-4-11(8-13-2)12(15)14(3)9-10-6-5-7-10/h10-11,13H,4-9H2,1-3H3. The molecule has 1 amide bonds. The second kappa shape index (κ2) is 6.11. The van der Waals surface area contributed by atoms with Crippen molar-refractivity contribution < 1.29 is 4.79 Å². The van der Waals surface area contributed by atoms with Crippen LogP contribution in [-0.2, 0) is 4.79 Å². The molecule has 0 aromatic rings. The predicted octanol–water partition coefficient (Wildman–Crippen LogP) is 1.49. The summed E-state index contributed by atoms with van der Waals surface area (Å²) in [5.41, 5.74) is 0. The van der Waals surface area contributed by atoms with E-state index < -0.39 is 0 Å². The highest BCUT2D eigenvalue weighted by Crippen LogP contribution is 2.27. The molecule has 88 valence electrons. The van der Waals surface area contributed by atoms with Crippen LogP contribution in [0.2, 0.25) is 0 Å². The summed E-state index contributed by atoms with van der Waals surface area (Å²) in [6, 6.07) is 0. The van der Waals surface area contributed by atoms with Gasteiger partial charge in [-0.3, -0.25) is 4.79 Å². The number of carbonyl (C=O) groups excluding carboxylic acids is 1. The molecule has 15 heavy (non-hydrogen) atoms. The van der Waals surface area contributed by atoms with E-state index in [1.54, 1.807) is 0 Å². The van der Waals surface area contributed by atoms with Crippen LogP contribution in [0.5, 0.6) is 0 Å². The third-order valence-corrected chi connectivity index (χ3v) is 3.43. The molecule has 0 saturated heterocycles. The Bertz CT molecular complexity index is 202. The quantitative estimate of drug-likeness (QED) is 0.723. The average Bonchev–Trinajstić information content (AvgIpc) is 2.18. The maximum Gasteiger partial charge on any atom is 0.226 e. The molecule has 0 spiro atoms. The first-order valence-electron chi connectivity index (χ1n) is 6.08. The fraction of sp³-hybridized carbons (Fsp3) is 0.917. The zero-order valence-electron chi connectivity index (χ0n) is 10.3. The van der Waals surface area contributed by atoms with Crippen LogP contribution < -0.4 is 5.32 Å². The van der Waals surface area contributed by atoms with Crippen LogP contribution in [0.25, 0.3) is 0 Å². The summed E-state index contributed by atoms with van der Waals surface area (Å²) in [6.45, 7) is 3.83. The molecule has 3 nitrogen and oxygen atoms in total.